The number of benzene rings is 1. The molecule has 8 nitrogen and oxygen atoms in total. The lowest BCUT2D eigenvalue weighted by Gasteiger charge is -2.25. The van der Waals surface area contributed by atoms with E-state index in [4.69, 9.17) is 15.1 Å². The van der Waals surface area contributed by atoms with E-state index in [0.29, 0.717) is 12.5 Å². The van der Waals surface area contributed by atoms with Gasteiger partial charge in [-0.3, -0.25) is 0 Å². The van der Waals surface area contributed by atoms with Crippen molar-refractivity contribution in [2.24, 2.45) is 4.99 Å². The Labute approximate surface area is 190 Å². The molecule has 1 aromatic carbocycles. The Kier molecular flexibility index (Phi) is 6.58. The summed E-state index contributed by atoms with van der Waals surface area (Å²) in [4.78, 5) is 9.59. The summed E-state index contributed by atoms with van der Waals surface area (Å²) in [6, 6.07) is 10.7. The Morgan fingerprint density at radius 1 is 1.22 bits per heavy atom. The first-order valence-corrected chi connectivity index (χ1v) is 11.5. The molecule has 2 aromatic heterocycles. The first kappa shape index (κ1) is 22.0. The zero-order valence-electron chi connectivity index (χ0n) is 19.8. The van der Waals surface area contributed by atoms with Gasteiger partial charge >= 0.3 is 0 Å². The maximum Gasteiger partial charge on any atom is 0.191 e. The normalized spacial score (nSPS) is 16.3. The van der Waals surface area contributed by atoms with Gasteiger partial charge in [-0.25, -0.2) is 19.3 Å². The smallest absolute Gasteiger partial charge is 0.191 e. The van der Waals surface area contributed by atoms with Gasteiger partial charge in [0, 0.05) is 30.6 Å². The number of hydrogen-bond donors (Lipinski definition) is 2. The van der Waals surface area contributed by atoms with E-state index in [0.717, 1.165) is 66.2 Å². The lowest BCUT2D eigenvalue weighted by molar-refractivity contribution is 0.391. The molecule has 0 bridgehead atoms. The number of nitrogens with zero attached hydrogens (tertiary/aromatic N) is 6. The molecule has 0 saturated heterocycles. The molecule has 0 fully saturated rings. The van der Waals surface area contributed by atoms with Crippen LogP contribution in [0.3, 0.4) is 0 Å². The molecule has 0 spiro atoms. The summed E-state index contributed by atoms with van der Waals surface area (Å²) in [6.45, 7) is 12.7. The third-order valence-corrected chi connectivity index (χ3v) is 5.71. The van der Waals surface area contributed by atoms with Crippen LogP contribution in [-0.2, 0) is 19.5 Å². The zero-order chi connectivity index (χ0) is 22.7. The first-order chi connectivity index (χ1) is 15.4. The summed E-state index contributed by atoms with van der Waals surface area (Å²) < 4.78 is 4.05. The molecule has 4 rings (SSSR count). The van der Waals surface area contributed by atoms with E-state index in [-0.39, 0.29) is 6.04 Å². The molecule has 170 valence electrons. The molecule has 1 aliphatic rings. The number of hydrogen-bond acceptors (Lipinski definition) is 4. The second kappa shape index (κ2) is 9.54. The van der Waals surface area contributed by atoms with Crippen LogP contribution in [0.15, 0.2) is 35.3 Å². The summed E-state index contributed by atoms with van der Waals surface area (Å²) in [5.74, 6) is 3.20. The van der Waals surface area contributed by atoms with E-state index in [1.54, 1.807) is 0 Å². The third-order valence-electron chi connectivity index (χ3n) is 5.71. The van der Waals surface area contributed by atoms with Crippen LogP contribution < -0.4 is 10.6 Å². The average molecular weight is 435 g/mol. The maximum atomic E-state index is 4.90. The molecule has 0 amide bonds. The molecule has 8 heteroatoms. The topological polar surface area (TPSA) is 84.9 Å². The van der Waals surface area contributed by atoms with Gasteiger partial charge in [0.25, 0.3) is 0 Å². The highest BCUT2D eigenvalue weighted by molar-refractivity contribution is 5.80. The van der Waals surface area contributed by atoms with Crippen molar-refractivity contribution in [3.05, 3.63) is 58.9 Å². The lowest BCUT2D eigenvalue weighted by atomic mass is 10.1. The Balaban J connectivity index is 1.49. The molecule has 32 heavy (non-hydrogen) atoms. The molecule has 1 atom stereocenters. The minimum atomic E-state index is 0.272. The van der Waals surface area contributed by atoms with Crippen LogP contribution in [0.2, 0.25) is 0 Å². The van der Waals surface area contributed by atoms with Crippen molar-refractivity contribution < 1.29 is 0 Å². The molecule has 1 aliphatic heterocycles. The molecular weight excluding hydrogens is 400 g/mol. The number of rotatable bonds is 6. The summed E-state index contributed by atoms with van der Waals surface area (Å²) >= 11 is 0. The predicted molar refractivity (Wildman–Crippen MR) is 127 cm³/mol. The summed E-state index contributed by atoms with van der Waals surface area (Å²) in [5, 5.41) is 16.4. The quantitative estimate of drug-likeness (QED) is 0.459. The fourth-order valence-electron chi connectivity index (χ4n) is 4.09. The monoisotopic (exact) mass is 434 g/mol. The summed E-state index contributed by atoms with van der Waals surface area (Å²) in [7, 11) is 0. The number of fused-ring (bicyclic) bond motifs is 1. The molecule has 0 saturated carbocycles. The van der Waals surface area contributed by atoms with Gasteiger partial charge in [-0.05, 0) is 44.9 Å². The number of aromatic nitrogens is 5. The Bertz CT molecular complexity index is 1090. The van der Waals surface area contributed by atoms with Crippen LogP contribution >= 0.6 is 0 Å². The van der Waals surface area contributed by atoms with Crippen molar-refractivity contribution in [2.75, 3.05) is 6.54 Å². The van der Waals surface area contributed by atoms with Gasteiger partial charge in [0.2, 0.25) is 0 Å². The molecule has 3 aromatic rings. The number of guanidine groups is 1. The van der Waals surface area contributed by atoms with Crippen molar-refractivity contribution in [1.82, 2.24) is 35.2 Å². The maximum absolute atomic E-state index is 4.90. The van der Waals surface area contributed by atoms with E-state index in [1.807, 2.05) is 17.7 Å². The molecule has 2 N–H and O–H groups in total. The second-order valence-electron chi connectivity index (χ2n) is 8.77. The summed E-state index contributed by atoms with van der Waals surface area (Å²) in [6.07, 6.45) is 1.94. The minimum absolute atomic E-state index is 0.272. The largest absolute Gasteiger partial charge is 0.357 e. The van der Waals surface area contributed by atoms with Gasteiger partial charge in [-0.15, -0.1) is 0 Å². The van der Waals surface area contributed by atoms with E-state index in [9.17, 15) is 0 Å². The Morgan fingerprint density at radius 2 is 2.03 bits per heavy atom. The average Bonchev–Trinajstić information content (AvgIpc) is 3.34. The van der Waals surface area contributed by atoms with Gasteiger partial charge in [-0.2, -0.15) is 10.2 Å². The summed E-state index contributed by atoms with van der Waals surface area (Å²) in [5.41, 5.74) is 4.35. The van der Waals surface area contributed by atoms with Crippen LogP contribution in [-0.4, -0.2) is 43.1 Å². The first-order valence-electron chi connectivity index (χ1n) is 11.5. The zero-order valence-corrected chi connectivity index (χ0v) is 19.8. The standard InChI is InChI=1S/C24H34N8/c1-6-25-24(27-20-11-12-22-28-23(16(2)3)30-31(22)15-20)26-14-19-9-7-8-10-21(19)32-18(5)13-17(4)29-32/h7-10,13,16,20H,6,11-12,14-15H2,1-5H3,(H2,25,26,27). The van der Waals surface area contributed by atoms with E-state index >= 15 is 0 Å². The fraction of sp³-hybridized carbons (Fsp3) is 0.500. The van der Waals surface area contributed by atoms with Crippen molar-refractivity contribution in [3.63, 3.8) is 0 Å². The van der Waals surface area contributed by atoms with Gasteiger partial charge in [-0.1, -0.05) is 32.0 Å². The van der Waals surface area contributed by atoms with Crippen LogP contribution in [0.1, 0.15) is 61.7 Å². The lowest BCUT2D eigenvalue weighted by Crippen LogP contribution is -2.47. The molecule has 1 unspecified atom stereocenters. The highest BCUT2D eigenvalue weighted by Crippen LogP contribution is 2.19. The predicted octanol–water partition coefficient (Wildman–Crippen LogP) is 3.27. The van der Waals surface area contributed by atoms with Crippen molar-refractivity contribution in [2.45, 2.75) is 72.5 Å². The van der Waals surface area contributed by atoms with Gasteiger partial charge in [0.15, 0.2) is 11.8 Å². The van der Waals surface area contributed by atoms with Crippen molar-refractivity contribution >= 4 is 5.96 Å². The van der Waals surface area contributed by atoms with Crippen LogP contribution in [0, 0.1) is 13.8 Å². The second-order valence-corrected chi connectivity index (χ2v) is 8.77. The van der Waals surface area contributed by atoms with Gasteiger partial charge < -0.3 is 10.6 Å². The SMILES string of the molecule is CCNC(=NCc1ccccc1-n1nc(C)cc1C)NC1CCc2nc(C(C)C)nn2C1. The Morgan fingerprint density at radius 3 is 2.75 bits per heavy atom. The van der Waals surface area contributed by atoms with Crippen LogP contribution in [0.25, 0.3) is 5.69 Å². The van der Waals surface area contributed by atoms with Crippen molar-refractivity contribution in [1.29, 1.82) is 0 Å². The molecule has 0 radical (unpaired) electrons. The van der Waals surface area contributed by atoms with Crippen LogP contribution in [0.4, 0.5) is 0 Å². The van der Waals surface area contributed by atoms with E-state index in [1.165, 1.54) is 0 Å². The highest BCUT2D eigenvalue weighted by atomic mass is 15.4. The molecule has 0 aliphatic carbocycles. The number of aliphatic imine (C=N–C) groups is 1. The fourth-order valence-corrected chi connectivity index (χ4v) is 4.09. The van der Waals surface area contributed by atoms with Gasteiger partial charge in [0.1, 0.15) is 5.82 Å². The van der Waals surface area contributed by atoms with E-state index < -0.39 is 0 Å². The third kappa shape index (κ3) is 4.84. The van der Waals surface area contributed by atoms with Crippen LogP contribution in [0.5, 0.6) is 0 Å². The Hall–Kier alpha value is -3.16. The highest BCUT2D eigenvalue weighted by Gasteiger charge is 2.23. The molecule has 3 heterocycles. The van der Waals surface area contributed by atoms with Gasteiger partial charge in [0.05, 0.1) is 24.5 Å². The number of nitrogens with one attached hydrogen (secondary N) is 2. The van der Waals surface area contributed by atoms with E-state index in [2.05, 4.69) is 72.4 Å². The number of aryl methyl sites for hydroxylation is 3. The number of para-hydroxylation sites is 1. The molecular formula is C24H34N8. The minimum Gasteiger partial charge on any atom is -0.357 e. The van der Waals surface area contributed by atoms with Crippen molar-refractivity contribution in [3.8, 4) is 5.69 Å².